The minimum absolute atomic E-state index is 0.00692. The van der Waals surface area contributed by atoms with Gasteiger partial charge >= 0.3 is 15.4 Å². The third kappa shape index (κ3) is 14.3. The highest BCUT2D eigenvalue weighted by molar-refractivity contribution is 7.53. The lowest BCUT2D eigenvalue weighted by atomic mass is 9.68. The summed E-state index contributed by atoms with van der Waals surface area (Å²) < 4.78 is 50.7. The lowest BCUT2D eigenvalue weighted by Gasteiger charge is -2.37. The highest BCUT2D eigenvalue weighted by atomic mass is 31.2. The SMILES string of the molecule is COP(=O)(CC1CC(C)(C)C(C=CC(C)=CC=CC(C)=CC=CC=C(C)C=CC=C(C)C=CC2=C(C)C(=O)C(OP(=O)(OC)OC)CC2(C)C)=C(C)C1=O)OC. The monoisotopic (exact) mass is 810 g/mol. The van der Waals surface area contributed by atoms with Gasteiger partial charge in [-0.2, -0.15) is 0 Å². The molecular formula is C45H64O9P2. The molecule has 2 aliphatic rings. The fourth-order valence-corrected chi connectivity index (χ4v) is 8.91. The Morgan fingerprint density at radius 1 is 0.607 bits per heavy atom. The van der Waals surface area contributed by atoms with E-state index < -0.39 is 32.9 Å². The van der Waals surface area contributed by atoms with E-state index in [1.807, 2.05) is 134 Å². The predicted molar refractivity (Wildman–Crippen MR) is 229 cm³/mol. The molecule has 308 valence electrons. The number of rotatable bonds is 18. The second-order valence-electron chi connectivity index (χ2n) is 15.7. The highest BCUT2D eigenvalue weighted by Gasteiger charge is 2.43. The molecule has 0 fully saturated rings. The molecule has 11 heteroatoms. The molecule has 0 saturated heterocycles. The van der Waals surface area contributed by atoms with Crippen LogP contribution in [0.2, 0.25) is 0 Å². The van der Waals surface area contributed by atoms with Gasteiger partial charge in [0, 0.05) is 34.4 Å². The summed E-state index contributed by atoms with van der Waals surface area (Å²) in [5.74, 6) is -0.644. The van der Waals surface area contributed by atoms with Crippen LogP contribution < -0.4 is 0 Å². The van der Waals surface area contributed by atoms with E-state index in [1.54, 1.807) is 6.92 Å². The molecule has 2 atom stereocenters. The number of hydrogen-bond donors (Lipinski definition) is 0. The van der Waals surface area contributed by atoms with E-state index in [4.69, 9.17) is 22.6 Å². The van der Waals surface area contributed by atoms with E-state index in [0.29, 0.717) is 24.0 Å². The van der Waals surface area contributed by atoms with Crippen LogP contribution in [0.4, 0.5) is 0 Å². The molecule has 2 rings (SSSR count). The van der Waals surface area contributed by atoms with Crippen molar-refractivity contribution in [1.29, 1.82) is 0 Å². The van der Waals surface area contributed by atoms with E-state index in [0.717, 1.165) is 33.4 Å². The van der Waals surface area contributed by atoms with Crippen molar-refractivity contribution in [3.63, 3.8) is 0 Å². The first-order valence-corrected chi connectivity index (χ1v) is 22.0. The zero-order valence-corrected chi connectivity index (χ0v) is 37.7. The molecule has 0 aliphatic heterocycles. The van der Waals surface area contributed by atoms with E-state index in [9.17, 15) is 18.7 Å². The Morgan fingerprint density at radius 3 is 1.43 bits per heavy atom. The van der Waals surface area contributed by atoms with Gasteiger partial charge in [-0.1, -0.05) is 135 Å². The summed E-state index contributed by atoms with van der Waals surface area (Å²) >= 11 is 0. The Morgan fingerprint density at radius 2 is 1.00 bits per heavy atom. The Labute approximate surface area is 336 Å². The van der Waals surface area contributed by atoms with Crippen molar-refractivity contribution in [3.8, 4) is 0 Å². The van der Waals surface area contributed by atoms with Crippen molar-refractivity contribution in [2.24, 2.45) is 16.7 Å². The summed E-state index contributed by atoms with van der Waals surface area (Å²) in [6.45, 7) is 20.0. The van der Waals surface area contributed by atoms with Crippen LogP contribution in [0.3, 0.4) is 0 Å². The Balaban J connectivity index is 2.01. The lowest BCUT2D eigenvalue weighted by molar-refractivity contribution is -0.125. The maximum atomic E-state index is 13.2. The molecule has 0 saturated carbocycles. The highest BCUT2D eigenvalue weighted by Crippen LogP contribution is 2.53. The number of phosphoric ester groups is 1. The summed E-state index contributed by atoms with van der Waals surface area (Å²) in [5, 5.41) is 0. The van der Waals surface area contributed by atoms with Crippen molar-refractivity contribution >= 4 is 27.0 Å². The van der Waals surface area contributed by atoms with Gasteiger partial charge in [0.2, 0.25) is 0 Å². The zero-order valence-electron chi connectivity index (χ0n) is 35.9. The quantitative estimate of drug-likeness (QED) is 0.0985. The smallest absolute Gasteiger partial charge is 0.312 e. The van der Waals surface area contributed by atoms with Crippen molar-refractivity contribution in [2.45, 2.75) is 88.2 Å². The number of hydrogen-bond acceptors (Lipinski definition) is 9. The van der Waals surface area contributed by atoms with Crippen LogP contribution in [-0.2, 0) is 41.3 Å². The van der Waals surface area contributed by atoms with Crippen LogP contribution in [0, 0.1) is 16.7 Å². The maximum Gasteiger partial charge on any atom is 0.474 e. The van der Waals surface area contributed by atoms with E-state index >= 15 is 0 Å². The second kappa shape index (κ2) is 21.5. The number of phosphoric acid groups is 1. The molecule has 2 unspecified atom stereocenters. The van der Waals surface area contributed by atoms with Crippen molar-refractivity contribution in [1.82, 2.24) is 0 Å². The number of ketones is 2. The van der Waals surface area contributed by atoms with Gasteiger partial charge < -0.3 is 9.05 Å². The molecule has 0 heterocycles. The number of allylic oxidation sites excluding steroid dienone is 21. The fraction of sp³-hybridized carbons (Fsp3) is 0.467. The lowest BCUT2D eigenvalue weighted by Crippen LogP contribution is -2.37. The first-order valence-electron chi connectivity index (χ1n) is 18.8. The van der Waals surface area contributed by atoms with Crippen LogP contribution >= 0.6 is 15.4 Å². The summed E-state index contributed by atoms with van der Waals surface area (Å²) in [6.07, 6.45) is 28.3. The Bertz CT molecular complexity index is 1750. The van der Waals surface area contributed by atoms with Crippen LogP contribution in [0.1, 0.15) is 82.1 Å². The molecule has 0 aromatic rings. The minimum Gasteiger partial charge on any atom is -0.312 e. The first-order chi connectivity index (χ1) is 26.1. The van der Waals surface area contributed by atoms with E-state index in [2.05, 4.69) is 13.8 Å². The van der Waals surface area contributed by atoms with E-state index in [-0.39, 0.29) is 23.1 Å². The molecule has 0 aromatic carbocycles. The van der Waals surface area contributed by atoms with Crippen molar-refractivity contribution in [2.75, 3.05) is 34.6 Å². The Hall–Kier alpha value is -3.26. The molecule has 0 N–H and O–H groups in total. The van der Waals surface area contributed by atoms with Gasteiger partial charge in [0.15, 0.2) is 11.6 Å². The molecule has 0 spiro atoms. The number of carbonyl (C=O) groups is 2. The standard InChI is InChI=1S/C45H64O9P2/c1-32(21-17-23-34(3)25-27-39-36(5)42(46)38(29-44(39,7)8)31-55(48,50-11)51-12)19-15-16-20-33(2)22-18-24-35(4)26-28-40-37(6)43(47)41(30-45(40,9)10)54-56(49,52-13)53-14/h15-28,38,41H,29-31H2,1-14H3. The average molecular weight is 811 g/mol. The molecule has 0 bridgehead atoms. The Kier molecular flexibility index (Phi) is 18.8. The van der Waals surface area contributed by atoms with Gasteiger partial charge in [-0.25, -0.2) is 4.57 Å². The van der Waals surface area contributed by atoms with Crippen LogP contribution in [-0.4, -0.2) is 52.3 Å². The summed E-state index contributed by atoms with van der Waals surface area (Å²) in [5.41, 5.74) is 6.74. The molecular weight excluding hydrogens is 746 g/mol. The van der Waals surface area contributed by atoms with Gasteiger partial charge in [-0.15, -0.1) is 0 Å². The zero-order chi connectivity index (χ0) is 42.5. The molecule has 0 aromatic heterocycles. The molecule has 0 amide bonds. The summed E-state index contributed by atoms with van der Waals surface area (Å²) in [4.78, 5) is 26.3. The van der Waals surface area contributed by atoms with Gasteiger partial charge in [0.25, 0.3) is 0 Å². The van der Waals surface area contributed by atoms with Gasteiger partial charge in [0.05, 0.1) is 6.16 Å². The maximum absolute atomic E-state index is 13.2. The normalized spacial score (nSPS) is 22.5. The molecule has 9 nitrogen and oxygen atoms in total. The molecule has 56 heavy (non-hydrogen) atoms. The fourth-order valence-electron chi connectivity index (χ4n) is 6.83. The third-order valence-electron chi connectivity index (χ3n) is 10.1. The number of carbonyl (C=O) groups excluding carboxylic acids is 2. The minimum atomic E-state index is -3.79. The van der Waals surface area contributed by atoms with Crippen molar-refractivity contribution in [3.05, 3.63) is 130 Å². The van der Waals surface area contributed by atoms with Gasteiger partial charge in [-0.05, 0) is 87.5 Å². The number of Topliss-reactive ketones (excluding diaryl/α,β-unsaturated/α-hetero) is 2. The van der Waals surface area contributed by atoms with Crippen molar-refractivity contribution < 1.29 is 41.3 Å². The average Bonchev–Trinajstić information content (AvgIpc) is 3.13. The first kappa shape index (κ1) is 48.9. The van der Waals surface area contributed by atoms with Crippen LogP contribution in [0.5, 0.6) is 0 Å². The van der Waals surface area contributed by atoms with Gasteiger partial charge in [0.1, 0.15) is 6.10 Å². The second-order valence-corrected chi connectivity index (χ2v) is 19.8. The topological polar surface area (TPSA) is 114 Å². The van der Waals surface area contributed by atoms with Crippen LogP contribution in [0.25, 0.3) is 0 Å². The predicted octanol–water partition coefficient (Wildman–Crippen LogP) is 12.1. The van der Waals surface area contributed by atoms with Gasteiger partial charge in [-0.3, -0.25) is 27.7 Å². The summed E-state index contributed by atoms with van der Waals surface area (Å²) in [6, 6.07) is 0. The van der Waals surface area contributed by atoms with E-state index in [1.165, 1.54) is 28.4 Å². The van der Waals surface area contributed by atoms with Crippen LogP contribution in [0.15, 0.2) is 130 Å². The molecule has 2 aliphatic carbocycles. The largest absolute Gasteiger partial charge is 0.474 e. The summed E-state index contributed by atoms with van der Waals surface area (Å²) in [7, 11) is -1.92. The third-order valence-corrected chi connectivity index (χ3v) is 13.5. The molecule has 0 radical (unpaired) electrons.